The summed E-state index contributed by atoms with van der Waals surface area (Å²) in [6, 6.07) is 0. The Kier molecular flexibility index (Phi) is 4.47. The smallest absolute Gasteiger partial charge is 0.270 e. The first kappa shape index (κ1) is 12.5. The van der Waals surface area contributed by atoms with Crippen molar-refractivity contribution in [2.45, 2.75) is 0 Å². The maximum absolute atomic E-state index is 11.6. The second-order valence-electron chi connectivity index (χ2n) is 4.27. The van der Waals surface area contributed by atoms with Gasteiger partial charge in [-0.25, -0.2) is 4.98 Å². The van der Waals surface area contributed by atoms with Crippen LogP contribution >= 0.6 is 11.3 Å². The molecule has 0 aliphatic carbocycles. The zero-order valence-corrected chi connectivity index (χ0v) is 10.9. The Morgan fingerprint density at radius 1 is 1.47 bits per heavy atom. The molecule has 2 heterocycles. The molecular weight excluding hydrogens is 236 g/mol. The van der Waals surface area contributed by atoms with Crippen molar-refractivity contribution < 1.29 is 4.79 Å². The van der Waals surface area contributed by atoms with Crippen molar-refractivity contribution in [2.75, 3.05) is 46.3 Å². The quantitative estimate of drug-likeness (QED) is 0.829. The molecule has 0 atom stereocenters. The molecule has 1 aromatic rings. The molecule has 1 aromatic heterocycles. The fourth-order valence-electron chi connectivity index (χ4n) is 1.81. The molecule has 1 saturated heterocycles. The third kappa shape index (κ3) is 3.76. The number of aromatic nitrogens is 1. The average Bonchev–Trinajstić information content (AvgIpc) is 2.85. The van der Waals surface area contributed by atoms with Gasteiger partial charge in [0.05, 0.1) is 5.51 Å². The van der Waals surface area contributed by atoms with Crippen molar-refractivity contribution >= 4 is 17.2 Å². The van der Waals surface area contributed by atoms with Crippen LogP contribution in [0.2, 0.25) is 0 Å². The van der Waals surface area contributed by atoms with Crippen LogP contribution in [0.4, 0.5) is 0 Å². The normalized spacial score (nSPS) is 18.2. The molecule has 0 spiro atoms. The molecule has 17 heavy (non-hydrogen) atoms. The lowest BCUT2D eigenvalue weighted by Crippen LogP contribution is -2.46. The summed E-state index contributed by atoms with van der Waals surface area (Å²) in [7, 11) is 2.14. The highest BCUT2D eigenvalue weighted by Crippen LogP contribution is 2.00. The van der Waals surface area contributed by atoms with Crippen LogP contribution in [0.3, 0.4) is 0 Å². The van der Waals surface area contributed by atoms with Crippen LogP contribution in [0.25, 0.3) is 0 Å². The van der Waals surface area contributed by atoms with Gasteiger partial charge in [-0.05, 0) is 7.05 Å². The van der Waals surface area contributed by atoms with Gasteiger partial charge in [0.1, 0.15) is 5.69 Å². The number of hydrogen-bond acceptors (Lipinski definition) is 5. The topological polar surface area (TPSA) is 48.5 Å². The van der Waals surface area contributed by atoms with Crippen molar-refractivity contribution in [2.24, 2.45) is 0 Å². The highest BCUT2D eigenvalue weighted by atomic mass is 32.1. The first-order valence-electron chi connectivity index (χ1n) is 5.83. The summed E-state index contributed by atoms with van der Waals surface area (Å²) in [5.41, 5.74) is 2.20. The van der Waals surface area contributed by atoms with Crippen molar-refractivity contribution in [1.29, 1.82) is 0 Å². The van der Waals surface area contributed by atoms with E-state index in [2.05, 4.69) is 27.1 Å². The van der Waals surface area contributed by atoms with Crippen LogP contribution in [0.1, 0.15) is 10.5 Å². The van der Waals surface area contributed by atoms with E-state index in [1.807, 2.05) is 0 Å². The van der Waals surface area contributed by atoms with E-state index in [-0.39, 0.29) is 5.91 Å². The lowest BCUT2D eigenvalue weighted by atomic mass is 10.3. The predicted molar refractivity (Wildman–Crippen MR) is 68.4 cm³/mol. The minimum absolute atomic E-state index is 0.0691. The number of likely N-dealkylation sites (N-methyl/N-ethyl adjacent to an activating group) is 1. The summed E-state index contributed by atoms with van der Waals surface area (Å²) >= 11 is 1.44. The molecule has 2 rings (SSSR count). The van der Waals surface area contributed by atoms with Crippen LogP contribution in [0.5, 0.6) is 0 Å². The highest BCUT2D eigenvalue weighted by Gasteiger charge is 2.13. The molecule has 94 valence electrons. The second kappa shape index (κ2) is 6.09. The average molecular weight is 254 g/mol. The van der Waals surface area contributed by atoms with Gasteiger partial charge in [-0.1, -0.05) is 0 Å². The summed E-state index contributed by atoms with van der Waals surface area (Å²) in [6.45, 7) is 6.01. The van der Waals surface area contributed by atoms with Gasteiger partial charge in [-0.15, -0.1) is 11.3 Å². The zero-order chi connectivity index (χ0) is 12.1. The van der Waals surface area contributed by atoms with Crippen molar-refractivity contribution in [3.8, 4) is 0 Å². The molecule has 0 aromatic carbocycles. The number of piperazine rings is 1. The Hall–Kier alpha value is -0.980. The molecular formula is C11H18N4OS. The van der Waals surface area contributed by atoms with Gasteiger partial charge in [-0.3, -0.25) is 9.69 Å². The van der Waals surface area contributed by atoms with E-state index in [0.29, 0.717) is 12.2 Å². The number of amides is 1. The molecule has 0 unspecified atom stereocenters. The Morgan fingerprint density at radius 2 is 2.24 bits per heavy atom. The maximum Gasteiger partial charge on any atom is 0.270 e. The van der Waals surface area contributed by atoms with Crippen molar-refractivity contribution in [3.63, 3.8) is 0 Å². The molecule has 0 bridgehead atoms. The van der Waals surface area contributed by atoms with E-state index in [1.54, 1.807) is 10.9 Å². The summed E-state index contributed by atoms with van der Waals surface area (Å²) in [6.07, 6.45) is 0. The molecule has 1 aliphatic rings. The fraction of sp³-hybridized carbons (Fsp3) is 0.636. The van der Waals surface area contributed by atoms with E-state index >= 15 is 0 Å². The molecule has 1 amide bonds. The number of carbonyl (C=O) groups excluding carboxylic acids is 1. The van der Waals surface area contributed by atoms with E-state index in [9.17, 15) is 4.79 Å². The van der Waals surface area contributed by atoms with Crippen LogP contribution in [-0.4, -0.2) is 67.0 Å². The zero-order valence-electron chi connectivity index (χ0n) is 10.1. The van der Waals surface area contributed by atoms with Gasteiger partial charge in [0.15, 0.2) is 0 Å². The molecule has 0 saturated carbocycles. The van der Waals surface area contributed by atoms with Gasteiger partial charge < -0.3 is 10.2 Å². The number of thiazole rings is 1. The molecule has 1 N–H and O–H groups in total. The summed E-state index contributed by atoms with van der Waals surface area (Å²) in [5.74, 6) is -0.0691. The fourth-order valence-corrected chi connectivity index (χ4v) is 2.35. The van der Waals surface area contributed by atoms with Gasteiger partial charge in [-0.2, -0.15) is 0 Å². The molecule has 6 heteroatoms. The van der Waals surface area contributed by atoms with Crippen LogP contribution in [0.15, 0.2) is 10.9 Å². The summed E-state index contributed by atoms with van der Waals surface area (Å²) in [5, 5.41) is 4.66. The third-order valence-corrected chi connectivity index (χ3v) is 3.56. The molecule has 5 nitrogen and oxygen atoms in total. The third-order valence-electron chi connectivity index (χ3n) is 2.97. The Labute approximate surface area is 105 Å². The minimum atomic E-state index is -0.0691. The van der Waals surface area contributed by atoms with Gasteiger partial charge in [0, 0.05) is 44.6 Å². The van der Waals surface area contributed by atoms with Gasteiger partial charge in [0.25, 0.3) is 5.91 Å². The highest BCUT2D eigenvalue weighted by molar-refractivity contribution is 7.07. The Bertz CT molecular complexity index is 346. The van der Waals surface area contributed by atoms with Crippen molar-refractivity contribution in [1.82, 2.24) is 20.1 Å². The van der Waals surface area contributed by atoms with E-state index in [1.165, 1.54) is 11.3 Å². The lowest BCUT2D eigenvalue weighted by molar-refractivity contribution is 0.0937. The van der Waals surface area contributed by atoms with E-state index in [0.717, 1.165) is 32.7 Å². The SMILES string of the molecule is CN1CCN(CCNC(=O)c2cscn2)CC1. The number of carbonyl (C=O) groups is 1. The van der Waals surface area contributed by atoms with Crippen LogP contribution in [-0.2, 0) is 0 Å². The number of rotatable bonds is 4. The predicted octanol–water partition coefficient (Wildman–Crippen LogP) is 0.120. The number of nitrogens with one attached hydrogen (secondary N) is 1. The Balaban J connectivity index is 1.64. The standard InChI is InChI=1S/C11H18N4OS/c1-14-4-6-15(7-5-14)3-2-12-11(16)10-8-17-9-13-10/h8-9H,2-7H2,1H3,(H,12,16). The second-order valence-corrected chi connectivity index (χ2v) is 4.99. The molecule has 0 radical (unpaired) electrons. The van der Waals surface area contributed by atoms with Gasteiger partial charge in [0.2, 0.25) is 0 Å². The minimum Gasteiger partial charge on any atom is -0.349 e. The first-order valence-corrected chi connectivity index (χ1v) is 6.77. The van der Waals surface area contributed by atoms with Crippen molar-refractivity contribution in [3.05, 3.63) is 16.6 Å². The number of nitrogens with zero attached hydrogens (tertiary/aromatic N) is 3. The molecule has 1 aliphatic heterocycles. The lowest BCUT2D eigenvalue weighted by Gasteiger charge is -2.32. The Morgan fingerprint density at radius 3 is 2.88 bits per heavy atom. The maximum atomic E-state index is 11.6. The summed E-state index contributed by atoms with van der Waals surface area (Å²) in [4.78, 5) is 20.3. The summed E-state index contributed by atoms with van der Waals surface area (Å²) < 4.78 is 0. The van der Waals surface area contributed by atoms with Crippen LogP contribution < -0.4 is 5.32 Å². The first-order chi connectivity index (χ1) is 8.25. The van der Waals surface area contributed by atoms with E-state index < -0.39 is 0 Å². The monoisotopic (exact) mass is 254 g/mol. The van der Waals surface area contributed by atoms with E-state index in [4.69, 9.17) is 0 Å². The van der Waals surface area contributed by atoms with Crippen LogP contribution in [0, 0.1) is 0 Å². The largest absolute Gasteiger partial charge is 0.349 e. The number of hydrogen-bond donors (Lipinski definition) is 1. The van der Waals surface area contributed by atoms with Gasteiger partial charge >= 0.3 is 0 Å². The molecule has 1 fully saturated rings.